The van der Waals surface area contributed by atoms with E-state index in [0.29, 0.717) is 5.92 Å². The third kappa shape index (κ3) is 3.51. The number of rotatable bonds is 3. The van der Waals surface area contributed by atoms with E-state index in [1.165, 1.54) is 5.56 Å². The minimum absolute atomic E-state index is 0.229. The van der Waals surface area contributed by atoms with E-state index in [0.717, 1.165) is 26.2 Å². The van der Waals surface area contributed by atoms with Crippen LogP contribution in [0.3, 0.4) is 0 Å². The number of aromatic nitrogens is 1. The van der Waals surface area contributed by atoms with Crippen molar-refractivity contribution in [3.8, 4) is 0 Å². The summed E-state index contributed by atoms with van der Waals surface area (Å²) in [6, 6.07) is 4.33. The maximum atomic E-state index is 9.48. The van der Waals surface area contributed by atoms with E-state index in [4.69, 9.17) is 0 Å². The van der Waals surface area contributed by atoms with Gasteiger partial charge in [-0.2, -0.15) is 0 Å². The molecule has 1 aliphatic heterocycles. The van der Waals surface area contributed by atoms with E-state index in [1.807, 2.05) is 12.3 Å². The van der Waals surface area contributed by atoms with Crippen LogP contribution in [0.25, 0.3) is 0 Å². The van der Waals surface area contributed by atoms with Gasteiger partial charge in [0.2, 0.25) is 0 Å². The number of pyridine rings is 1. The van der Waals surface area contributed by atoms with Gasteiger partial charge in [0.05, 0.1) is 6.61 Å². The molecule has 2 atom stereocenters. The Balaban J connectivity index is 2.02. The molecule has 0 aliphatic carbocycles. The van der Waals surface area contributed by atoms with Crippen molar-refractivity contribution in [2.75, 3.05) is 33.3 Å². The monoisotopic (exact) mass is 249 g/mol. The molecule has 4 nitrogen and oxygen atoms in total. The molecule has 18 heavy (non-hydrogen) atoms. The van der Waals surface area contributed by atoms with Gasteiger partial charge in [-0.1, -0.05) is 13.0 Å². The van der Waals surface area contributed by atoms with Gasteiger partial charge in [-0.15, -0.1) is 0 Å². The topological polar surface area (TPSA) is 39.6 Å². The van der Waals surface area contributed by atoms with E-state index >= 15 is 0 Å². The van der Waals surface area contributed by atoms with Crippen LogP contribution in [0.15, 0.2) is 24.5 Å². The molecule has 2 heterocycles. The lowest BCUT2D eigenvalue weighted by molar-refractivity contribution is 0.128. The number of aliphatic hydroxyl groups excluding tert-OH is 1. The molecule has 0 spiro atoms. The van der Waals surface area contributed by atoms with Crippen molar-refractivity contribution in [2.45, 2.75) is 19.5 Å². The van der Waals surface area contributed by atoms with Crippen LogP contribution < -0.4 is 0 Å². The first-order valence-electron chi connectivity index (χ1n) is 6.61. The second-order valence-electron chi connectivity index (χ2n) is 5.44. The maximum absolute atomic E-state index is 9.48. The SMILES string of the molecule is CC1CN(Cc2cccnc2)CC(CO)N(C)C1. The molecule has 0 saturated carbocycles. The summed E-state index contributed by atoms with van der Waals surface area (Å²) in [6.07, 6.45) is 3.73. The summed E-state index contributed by atoms with van der Waals surface area (Å²) in [4.78, 5) is 8.85. The summed E-state index contributed by atoms with van der Waals surface area (Å²) in [6.45, 7) is 6.47. The van der Waals surface area contributed by atoms with Crippen LogP contribution in [0.5, 0.6) is 0 Å². The molecule has 2 rings (SSSR count). The minimum Gasteiger partial charge on any atom is -0.395 e. The van der Waals surface area contributed by atoms with Crippen molar-refractivity contribution in [3.05, 3.63) is 30.1 Å². The van der Waals surface area contributed by atoms with Crippen molar-refractivity contribution in [1.29, 1.82) is 0 Å². The predicted molar refractivity (Wildman–Crippen MR) is 72.2 cm³/mol. The molecule has 0 bridgehead atoms. The highest BCUT2D eigenvalue weighted by Gasteiger charge is 2.25. The van der Waals surface area contributed by atoms with E-state index < -0.39 is 0 Å². The number of nitrogens with zero attached hydrogens (tertiary/aromatic N) is 3. The predicted octanol–water partition coefficient (Wildman–Crippen LogP) is 0.826. The highest BCUT2D eigenvalue weighted by atomic mass is 16.3. The average molecular weight is 249 g/mol. The lowest BCUT2D eigenvalue weighted by Gasteiger charge is -2.27. The Morgan fingerprint density at radius 2 is 2.22 bits per heavy atom. The van der Waals surface area contributed by atoms with Gasteiger partial charge in [0.25, 0.3) is 0 Å². The molecule has 100 valence electrons. The fourth-order valence-corrected chi connectivity index (χ4v) is 2.73. The van der Waals surface area contributed by atoms with Gasteiger partial charge >= 0.3 is 0 Å². The van der Waals surface area contributed by atoms with Gasteiger partial charge in [-0.3, -0.25) is 14.8 Å². The maximum Gasteiger partial charge on any atom is 0.0599 e. The number of hydrogen-bond acceptors (Lipinski definition) is 4. The summed E-state index contributed by atoms with van der Waals surface area (Å²) in [5, 5.41) is 9.48. The molecule has 1 aromatic heterocycles. The third-order valence-corrected chi connectivity index (χ3v) is 3.60. The molecule has 1 aromatic rings. The zero-order valence-corrected chi connectivity index (χ0v) is 11.3. The second kappa shape index (κ2) is 6.27. The van der Waals surface area contributed by atoms with E-state index in [1.54, 1.807) is 6.20 Å². The summed E-state index contributed by atoms with van der Waals surface area (Å²) in [5.74, 6) is 0.628. The zero-order valence-electron chi connectivity index (χ0n) is 11.3. The van der Waals surface area contributed by atoms with E-state index in [2.05, 4.69) is 34.8 Å². The Kier molecular flexibility index (Phi) is 4.69. The molecule has 0 radical (unpaired) electrons. The van der Waals surface area contributed by atoms with Crippen LogP contribution in [-0.2, 0) is 6.54 Å². The van der Waals surface area contributed by atoms with Crippen LogP contribution >= 0.6 is 0 Å². The van der Waals surface area contributed by atoms with Gasteiger partial charge in [0, 0.05) is 44.6 Å². The van der Waals surface area contributed by atoms with Crippen LogP contribution in [-0.4, -0.2) is 59.2 Å². The Morgan fingerprint density at radius 1 is 1.39 bits per heavy atom. The molecule has 1 saturated heterocycles. The standard InChI is InChI=1S/C14H23N3O/c1-12-7-16(2)14(11-18)10-17(8-12)9-13-4-3-5-15-6-13/h3-6,12,14,18H,7-11H2,1-2H3. The molecule has 1 aliphatic rings. The summed E-state index contributed by atoms with van der Waals surface area (Å²) in [7, 11) is 2.10. The van der Waals surface area contributed by atoms with Gasteiger partial charge in [0.1, 0.15) is 0 Å². The molecular weight excluding hydrogens is 226 g/mol. The average Bonchev–Trinajstić information content (AvgIpc) is 2.49. The van der Waals surface area contributed by atoms with Gasteiger partial charge < -0.3 is 5.11 Å². The quantitative estimate of drug-likeness (QED) is 0.861. The minimum atomic E-state index is 0.229. The van der Waals surface area contributed by atoms with Crippen molar-refractivity contribution >= 4 is 0 Å². The zero-order chi connectivity index (χ0) is 13.0. The van der Waals surface area contributed by atoms with Gasteiger partial charge in [0.15, 0.2) is 0 Å². The van der Waals surface area contributed by atoms with Crippen LogP contribution in [0.2, 0.25) is 0 Å². The number of likely N-dealkylation sites (N-methyl/N-ethyl adjacent to an activating group) is 1. The summed E-state index contributed by atoms with van der Waals surface area (Å²) < 4.78 is 0. The largest absolute Gasteiger partial charge is 0.395 e. The van der Waals surface area contributed by atoms with Crippen LogP contribution in [0.1, 0.15) is 12.5 Å². The Hall–Kier alpha value is -0.970. The van der Waals surface area contributed by atoms with Gasteiger partial charge in [-0.25, -0.2) is 0 Å². The Labute approximate surface area is 109 Å². The molecule has 2 unspecified atom stereocenters. The Morgan fingerprint density at radius 3 is 2.89 bits per heavy atom. The summed E-state index contributed by atoms with van der Waals surface area (Å²) >= 11 is 0. The van der Waals surface area contributed by atoms with Crippen LogP contribution in [0.4, 0.5) is 0 Å². The first kappa shape index (κ1) is 13.5. The third-order valence-electron chi connectivity index (χ3n) is 3.60. The van der Waals surface area contributed by atoms with E-state index in [9.17, 15) is 5.11 Å². The smallest absolute Gasteiger partial charge is 0.0599 e. The second-order valence-corrected chi connectivity index (χ2v) is 5.44. The highest BCUT2D eigenvalue weighted by Crippen LogP contribution is 2.14. The van der Waals surface area contributed by atoms with Crippen molar-refractivity contribution in [1.82, 2.24) is 14.8 Å². The van der Waals surface area contributed by atoms with Crippen molar-refractivity contribution in [2.24, 2.45) is 5.92 Å². The number of hydrogen-bond donors (Lipinski definition) is 1. The normalized spacial score (nSPS) is 27.1. The Bertz CT molecular complexity index is 357. The fourth-order valence-electron chi connectivity index (χ4n) is 2.73. The first-order chi connectivity index (χ1) is 8.69. The molecule has 0 amide bonds. The van der Waals surface area contributed by atoms with Crippen LogP contribution in [0, 0.1) is 5.92 Å². The summed E-state index contributed by atoms with van der Waals surface area (Å²) in [5.41, 5.74) is 1.24. The number of aliphatic hydroxyl groups is 1. The first-order valence-corrected chi connectivity index (χ1v) is 6.61. The van der Waals surface area contributed by atoms with Crippen molar-refractivity contribution < 1.29 is 5.11 Å². The highest BCUT2D eigenvalue weighted by molar-refractivity contribution is 5.08. The van der Waals surface area contributed by atoms with E-state index in [-0.39, 0.29) is 12.6 Å². The lowest BCUT2D eigenvalue weighted by atomic mass is 10.1. The van der Waals surface area contributed by atoms with Gasteiger partial charge in [-0.05, 0) is 24.6 Å². The van der Waals surface area contributed by atoms with Crippen molar-refractivity contribution in [3.63, 3.8) is 0 Å². The lowest BCUT2D eigenvalue weighted by Crippen LogP contribution is -2.41. The molecule has 4 heteroatoms. The fraction of sp³-hybridized carbons (Fsp3) is 0.643. The molecule has 1 N–H and O–H groups in total. The molecular formula is C14H23N3O. The molecule has 0 aromatic carbocycles. The molecule has 1 fully saturated rings.